The molecular weight excluding hydrogens is 444 g/mol. The highest BCUT2D eigenvalue weighted by Crippen LogP contribution is 2.37. The zero-order valence-electron chi connectivity index (χ0n) is 17.4. The molecule has 8 heteroatoms. The van der Waals surface area contributed by atoms with Gasteiger partial charge in [-0.3, -0.25) is 14.2 Å². The quantitative estimate of drug-likeness (QED) is 0.330. The monoisotopic (exact) mass is 463 g/mol. The Morgan fingerprint density at radius 3 is 2.42 bits per heavy atom. The Morgan fingerprint density at radius 2 is 1.70 bits per heavy atom. The lowest BCUT2D eigenvalue weighted by molar-refractivity contribution is -0.120. The van der Waals surface area contributed by atoms with Crippen molar-refractivity contribution in [3.8, 4) is 5.69 Å². The normalized spacial score (nSPS) is 14.2. The number of thioether (sulfide) groups is 1. The number of rotatable bonds is 6. The van der Waals surface area contributed by atoms with Gasteiger partial charge in [-0.25, -0.2) is 13.8 Å². The Labute approximate surface area is 192 Å². The maximum Gasteiger partial charge on any atom is 0.266 e. The predicted octanol–water partition coefficient (Wildman–Crippen LogP) is 4.78. The molecule has 3 aromatic carbocycles. The second-order valence-corrected chi connectivity index (χ2v) is 8.91. The average molecular weight is 464 g/mol. The molecule has 0 spiro atoms. The number of halogens is 2. The molecule has 0 aliphatic heterocycles. The summed E-state index contributed by atoms with van der Waals surface area (Å²) in [6.45, 7) is 0. The number of amides is 1. The van der Waals surface area contributed by atoms with E-state index in [1.54, 1.807) is 30.3 Å². The van der Waals surface area contributed by atoms with E-state index in [2.05, 4.69) is 10.3 Å². The Balaban J connectivity index is 1.67. The lowest BCUT2D eigenvalue weighted by Crippen LogP contribution is -2.30. The van der Waals surface area contributed by atoms with Crippen LogP contribution in [0.3, 0.4) is 0 Å². The summed E-state index contributed by atoms with van der Waals surface area (Å²) in [5.41, 5.74) is 0.609. The molecule has 33 heavy (non-hydrogen) atoms. The second-order valence-electron chi connectivity index (χ2n) is 7.84. The maximum absolute atomic E-state index is 14.8. The number of nitrogens with one attached hydrogen (secondary N) is 1. The van der Waals surface area contributed by atoms with Gasteiger partial charge in [0.2, 0.25) is 5.91 Å². The first-order valence-electron chi connectivity index (χ1n) is 10.5. The Kier molecular flexibility index (Phi) is 5.68. The van der Waals surface area contributed by atoms with Gasteiger partial charge in [-0.15, -0.1) is 0 Å². The molecule has 1 N–H and O–H groups in total. The number of nitrogens with zero attached hydrogens (tertiary/aromatic N) is 2. The van der Waals surface area contributed by atoms with Crippen LogP contribution in [0.1, 0.15) is 23.7 Å². The standard InChI is InChI=1S/C25H19F2N3O2S/c26-16-11-9-15(10-12-16)22(23(31)28-17-13-14-17)33-25-29-20-7-3-1-5-18(20)24(32)30(25)21-8-4-2-6-19(21)27/h1-12,17,22H,13-14H2,(H,28,31). The van der Waals surface area contributed by atoms with Crippen LogP contribution in [0.2, 0.25) is 0 Å². The summed E-state index contributed by atoms with van der Waals surface area (Å²) in [6, 6.07) is 18.5. The second kappa shape index (κ2) is 8.78. The van der Waals surface area contributed by atoms with Gasteiger partial charge in [0.05, 0.1) is 16.6 Å². The van der Waals surface area contributed by atoms with Crippen LogP contribution >= 0.6 is 11.8 Å². The first-order chi connectivity index (χ1) is 16.0. The van der Waals surface area contributed by atoms with E-state index in [4.69, 9.17) is 0 Å². The molecule has 1 aliphatic carbocycles. The van der Waals surface area contributed by atoms with E-state index in [-0.39, 0.29) is 22.8 Å². The number of para-hydroxylation sites is 2. The summed E-state index contributed by atoms with van der Waals surface area (Å²) in [5.74, 6) is -1.27. The molecule has 1 aromatic heterocycles. The largest absolute Gasteiger partial charge is 0.352 e. The molecule has 0 saturated heterocycles. The first kappa shape index (κ1) is 21.3. The number of carbonyl (C=O) groups is 1. The minimum Gasteiger partial charge on any atom is -0.352 e. The van der Waals surface area contributed by atoms with Crippen molar-refractivity contribution in [2.75, 3.05) is 0 Å². The highest BCUT2D eigenvalue weighted by molar-refractivity contribution is 8.00. The van der Waals surface area contributed by atoms with Crippen molar-refractivity contribution in [3.05, 3.63) is 100 Å². The molecule has 1 heterocycles. The number of carbonyl (C=O) groups excluding carboxylic acids is 1. The van der Waals surface area contributed by atoms with E-state index in [0.717, 1.165) is 24.6 Å². The van der Waals surface area contributed by atoms with Gasteiger partial charge in [-0.05, 0) is 54.8 Å². The topological polar surface area (TPSA) is 64.0 Å². The van der Waals surface area contributed by atoms with Crippen LogP contribution in [0, 0.1) is 11.6 Å². The van der Waals surface area contributed by atoms with Gasteiger partial charge in [0, 0.05) is 6.04 Å². The molecule has 1 aliphatic rings. The van der Waals surface area contributed by atoms with Gasteiger partial charge >= 0.3 is 0 Å². The van der Waals surface area contributed by atoms with Crippen LogP contribution in [0.25, 0.3) is 16.6 Å². The molecule has 5 rings (SSSR count). The third kappa shape index (κ3) is 4.39. The summed E-state index contributed by atoms with van der Waals surface area (Å²) < 4.78 is 29.5. The van der Waals surface area contributed by atoms with Crippen molar-refractivity contribution in [3.63, 3.8) is 0 Å². The Hall–Kier alpha value is -3.52. The molecule has 4 aromatic rings. The fourth-order valence-electron chi connectivity index (χ4n) is 3.56. The molecule has 1 unspecified atom stereocenters. The average Bonchev–Trinajstić information content (AvgIpc) is 3.63. The maximum atomic E-state index is 14.8. The predicted molar refractivity (Wildman–Crippen MR) is 123 cm³/mol. The van der Waals surface area contributed by atoms with E-state index in [1.807, 2.05) is 0 Å². The van der Waals surface area contributed by atoms with Crippen molar-refractivity contribution in [2.24, 2.45) is 0 Å². The van der Waals surface area contributed by atoms with Gasteiger partial charge in [0.1, 0.15) is 16.9 Å². The van der Waals surface area contributed by atoms with Crippen molar-refractivity contribution in [2.45, 2.75) is 29.3 Å². The number of hydrogen-bond donors (Lipinski definition) is 1. The van der Waals surface area contributed by atoms with E-state index in [1.165, 1.54) is 47.0 Å². The van der Waals surface area contributed by atoms with Crippen molar-refractivity contribution < 1.29 is 13.6 Å². The van der Waals surface area contributed by atoms with E-state index in [0.29, 0.717) is 16.5 Å². The zero-order chi connectivity index (χ0) is 22.9. The summed E-state index contributed by atoms with van der Waals surface area (Å²) >= 11 is 1.04. The van der Waals surface area contributed by atoms with Crippen molar-refractivity contribution in [1.29, 1.82) is 0 Å². The van der Waals surface area contributed by atoms with Gasteiger partial charge in [0.25, 0.3) is 5.56 Å². The Bertz CT molecular complexity index is 1400. The van der Waals surface area contributed by atoms with E-state index < -0.39 is 22.4 Å². The van der Waals surface area contributed by atoms with Gasteiger partial charge in [-0.2, -0.15) is 0 Å². The van der Waals surface area contributed by atoms with Gasteiger partial charge in [0.15, 0.2) is 5.16 Å². The SMILES string of the molecule is O=C(NC1CC1)C(Sc1nc2ccccc2c(=O)n1-c1ccccc1F)c1ccc(F)cc1. The number of hydrogen-bond acceptors (Lipinski definition) is 4. The third-order valence-corrected chi connectivity index (χ3v) is 6.60. The summed E-state index contributed by atoms with van der Waals surface area (Å²) in [5, 5.41) is 2.67. The van der Waals surface area contributed by atoms with Crippen LogP contribution in [0.15, 0.2) is 82.7 Å². The van der Waals surface area contributed by atoms with Crippen LogP contribution in [0.5, 0.6) is 0 Å². The molecular formula is C25H19F2N3O2S. The fourth-order valence-corrected chi connectivity index (χ4v) is 4.67. The number of benzene rings is 3. The molecule has 1 fully saturated rings. The Morgan fingerprint density at radius 1 is 1.00 bits per heavy atom. The summed E-state index contributed by atoms with van der Waals surface area (Å²) in [4.78, 5) is 31.2. The molecule has 0 radical (unpaired) electrons. The molecule has 1 atom stereocenters. The molecule has 5 nitrogen and oxygen atoms in total. The highest BCUT2D eigenvalue weighted by atomic mass is 32.2. The number of aromatic nitrogens is 2. The lowest BCUT2D eigenvalue weighted by atomic mass is 10.1. The minimum atomic E-state index is -0.808. The lowest BCUT2D eigenvalue weighted by Gasteiger charge is -2.19. The first-order valence-corrected chi connectivity index (χ1v) is 11.4. The van der Waals surface area contributed by atoms with Crippen LogP contribution < -0.4 is 10.9 Å². The highest BCUT2D eigenvalue weighted by Gasteiger charge is 2.31. The van der Waals surface area contributed by atoms with Gasteiger partial charge < -0.3 is 5.32 Å². The zero-order valence-corrected chi connectivity index (χ0v) is 18.2. The van der Waals surface area contributed by atoms with E-state index >= 15 is 0 Å². The third-order valence-electron chi connectivity index (χ3n) is 5.40. The van der Waals surface area contributed by atoms with Crippen molar-refractivity contribution in [1.82, 2.24) is 14.9 Å². The van der Waals surface area contributed by atoms with Crippen LogP contribution in [-0.2, 0) is 4.79 Å². The van der Waals surface area contributed by atoms with Crippen LogP contribution in [-0.4, -0.2) is 21.5 Å². The summed E-state index contributed by atoms with van der Waals surface area (Å²) in [7, 11) is 0. The van der Waals surface area contributed by atoms with Crippen molar-refractivity contribution >= 4 is 28.6 Å². The molecule has 0 bridgehead atoms. The van der Waals surface area contributed by atoms with Gasteiger partial charge in [-0.1, -0.05) is 48.2 Å². The summed E-state index contributed by atoms with van der Waals surface area (Å²) in [6.07, 6.45) is 1.81. The number of fused-ring (bicyclic) bond motifs is 1. The van der Waals surface area contributed by atoms with E-state index in [9.17, 15) is 18.4 Å². The molecule has 1 saturated carbocycles. The molecule has 1 amide bonds. The molecule has 166 valence electrons. The van der Waals surface area contributed by atoms with Crippen LogP contribution in [0.4, 0.5) is 8.78 Å². The minimum absolute atomic E-state index is 0.0451. The smallest absolute Gasteiger partial charge is 0.266 e. The fraction of sp³-hybridized carbons (Fsp3) is 0.160.